The van der Waals surface area contributed by atoms with Gasteiger partial charge in [-0.15, -0.1) is 0 Å². The average Bonchev–Trinajstić information content (AvgIpc) is 2.75. The van der Waals surface area contributed by atoms with Crippen molar-refractivity contribution in [2.75, 3.05) is 0 Å². The predicted octanol–water partition coefficient (Wildman–Crippen LogP) is 4.96. The summed E-state index contributed by atoms with van der Waals surface area (Å²) in [6, 6.07) is 29.4. The molecule has 0 fully saturated rings. The summed E-state index contributed by atoms with van der Waals surface area (Å²) in [5.41, 5.74) is 4.81. The summed E-state index contributed by atoms with van der Waals surface area (Å²) in [6.45, 7) is 0. The normalized spacial score (nSPS) is 19.5. The third kappa shape index (κ3) is 3.81. The van der Waals surface area contributed by atoms with Crippen molar-refractivity contribution in [1.29, 1.82) is 0 Å². The van der Waals surface area contributed by atoms with E-state index < -0.39 is 0 Å². The van der Waals surface area contributed by atoms with E-state index >= 15 is 0 Å². The second kappa shape index (κ2) is 8.01. The van der Waals surface area contributed by atoms with Crippen molar-refractivity contribution >= 4 is 28.4 Å². The summed E-state index contributed by atoms with van der Waals surface area (Å²) in [5.74, 6) is 0.920. The van der Waals surface area contributed by atoms with Crippen molar-refractivity contribution in [1.82, 2.24) is 10.6 Å². The Morgan fingerprint density at radius 2 is 1.50 bits per heavy atom. The van der Waals surface area contributed by atoms with Crippen LogP contribution in [0, 0.1) is 0 Å². The lowest BCUT2D eigenvalue weighted by atomic mass is 10.1. The number of nitrogens with zero attached hydrogens (tertiary/aromatic N) is 1. The van der Waals surface area contributed by atoms with E-state index in [9.17, 15) is 0 Å². The fraction of sp³-hybridized carbons (Fsp3) is 0.136. The summed E-state index contributed by atoms with van der Waals surface area (Å²) >= 11 is 2.40. The van der Waals surface area contributed by atoms with Gasteiger partial charge >= 0.3 is 0 Å². The summed E-state index contributed by atoms with van der Waals surface area (Å²) < 4.78 is 0.994. The van der Waals surface area contributed by atoms with Gasteiger partial charge in [-0.25, -0.2) is 4.99 Å². The molecule has 0 aliphatic carbocycles. The van der Waals surface area contributed by atoms with Crippen LogP contribution in [0.1, 0.15) is 34.6 Å². The molecule has 3 nitrogen and oxygen atoms in total. The number of rotatable bonds is 4. The molecule has 26 heavy (non-hydrogen) atoms. The fourth-order valence-corrected chi connectivity index (χ4v) is 3.61. The summed E-state index contributed by atoms with van der Waals surface area (Å²) in [6.07, 6.45) is -0.0725. The zero-order valence-corrected chi connectivity index (χ0v) is 16.4. The molecular formula is C22H20IN3. The topological polar surface area (TPSA) is 36.4 Å². The molecule has 0 saturated carbocycles. The molecule has 2 unspecified atom stereocenters. The first-order chi connectivity index (χ1) is 12.8. The van der Waals surface area contributed by atoms with Crippen LogP contribution in [0.4, 0.5) is 0 Å². The van der Waals surface area contributed by atoms with E-state index in [2.05, 4.69) is 93.9 Å². The van der Waals surface area contributed by atoms with Gasteiger partial charge < -0.3 is 5.32 Å². The zero-order chi connectivity index (χ0) is 17.8. The van der Waals surface area contributed by atoms with Gasteiger partial charge in [0.05, 0.1) is 0 Å². The first-order valence-electron chi connectivity index (χ1n) is 8.69. The fourth-order valence-electron chi connectivity index (χ4n) is 3.14. The standard InChI is InChI=1S/C22H20IN3/c23-15-16-8-7-13-19(14-16)22-25-20(17-9-3-1-4-10-17)24-21(26-22)18-11-5-2-6-12-18/h1-14,20,22,25H,15H2,(H,24,26). The largest absolute Gasteiger partial charge is 0.350 e. The number of benzene rings is 3. The third-order valence-electron chi connectivity index (χ3n) is 4.47. The highest BCUT2D eigenvalue weighted by atomic mass is 127. The monoisotopic (exact) mass is 453 g/mol. The number of halogens is 1. The van der Waals surface area contributed by atoms with Crippen molar-refractivity contribution in [2.45, 2.75) is 16.8 Å². The average molecular weight is 453 g/mol. The number of alkyl halides is 1. The number of aliphatic imine (C=N–C) groups is 1. The molecule has 1 aliphatic heterocycles. The molecule has 2 N–H and O–H groups in total. The summed E-state index contributed by atoms with van der Waals surface area (Å²) in [5, 5.41) is 7.19. The molecule has 0 saturated heterocycles. The van der Waals surface area contributed by atoms with Crippen LogP contribution >= 0.6 is 22.6 Å². The maximum atomic E-state index is 4.97. The summed E-state index contributed by atoms with van der Waals surface area (Å²) in [4.78, 5) is 4.97. The van der Waals surface area contributed by atoms with E-state index in [0.29, 0.717) is 0 Å². The van der Waals surface area contributed by atoms with E-state index in [4.69, 9.17) is 4.99 Å². The quantitative estimate of drug-likeness (QED) is 0.433. The highest BCUT2D eigenvalue weighted by Gasteiger charge is 2.25. The minimum atomic E-state index is -0.0837. The lowest BCUT2D eigenvalue weighted by molar-refractivity contribution is 0.409. The SMILES string of the molecule is ICc1cccc(C2N=C(c3ccccc3)NC(c3ccccc3)N2)c1. The first kappa shape index (κ1) is 17.2. The van der Waals surface area contributed by atoms with E-state index in [1.807, 2.05) is 24.3 Å². The molecule has 0 aromatic heterocycles. The Balaban J connectivity index is 1.73. The lowest BCUT2D eigenvalue weighted by Crippen LogP contribution is -2.44. The van der Waals surface area contributed by atoms with Gasteiger partial charge in [-0.3, -0.25) is 5.32 Å². The Bertz CT molecular complexity index is 894. The predicted molar refractivity (Wildman–Crippen MR) is 115 cm³/mol. The van der Waals surface area contributed by atoms with E-state index in [-0.39, 0.29) is 12.3 Å². The van der Waals surface area contributed by atoms with Gasteiger partial charge in [0.2, 0.25) is 0 Å². The Morgan fingerprint density at radius 3 is 2.23 bits per heavy atom. The van der Waals surface area contributed by atoms with E-state index in [1.54, 1.807) is 0 Å². The molecule has 4 heteroatoms. The second-order valence-electron chi connectivity index (χ2n) is 6.28. The Hall–Kier alpha value is -2.18. The molecule has 0 amide bonds. The third-order valence-corrected chi connectivity index (χ3v) is 5.35. The van der Waals surface area contributed by atoms with Crippen LogP contribution in [0.25, 0.3) is 0 Å². The van der Waals surface area contributed by atoms with Crippen LogP contribution in [-0.4, -0.2) is 5.84 Å². The van der Waals surface area contributed by atoms with Crippen molar-refractivity contribution in [3.63, 3.8) is 0 Å². The van der Waals surface area contributed by atoms with Crippen LogP contribution < -0.4 is 10.6 Å². The van der Waals surface area contributed by atoms with Gasteiger partial charge in [-0.2, -0.15) is 0 Å². The summed E-state index contributed by atoms with van der Waals surface area (Å²) in [7, 11) is 0. The molecule has 4 rings (SSSR count). The molecule has 0 spiro atoms. The minimum absolute atomic E-state index is 0.0113. The molecular weight excluding hydrogens is 433 g/mol. The molecule has 0 radical (unpaired) electrons. The number of hydrogen-bond donors (Lipinski definition) is 2. The van der Waals surface area contributed by atoms with Gasteiger partial charge in [-0.05, 0) is 16.7 Å². The van der Waals surface area contributed by atoms with Crippen LogP contribution in [0.3, 0.4) is 0 Å². The van der Waals surface area contributed by atoms with Crippen LogP contribution in [0.5, 0.6) is 0 Å². The molecule has 3 aromatic carbocycles. The molecule has 1 heterocycles. The second-order valence-corrected chi connectivity index (χ2v) is 7.04. The van der Waals surface area contributed by atoms with Crippen molar-refractivity contribution < 1.29 is 0 Å². The highest BCUT2D eigenvalue weighted by Crippen LogP contribution is 2.25. The van der Waals surface area contributed by atoms with E-state index in [1.165, 1.54) is 16.7 Å². The molecule has 3 aromatic rings. The number of nitrogens with one attached hydrogen (secondary N) is 2. The maximum Gasteiger partial charge on any atom is 0.131 e. The molecule has 1 aliphatic rings. The number of amidine groups is 1. The van der Waals surface area contributed by atoms with Crippen molar-refractivity contribution in [3.8, 4) is 0 Å². The minimum Gasteiger partial charge on any atom is -0.350 e. The smallest absolute Gasteiger partial charge is 0.131 e. The van der Waals surface area contributed by atoms with Crippen LogP contribution in [0.2, 0.25) is 0 Å². The lowest BCUT2D eigenvalue weighted by Gasteiger charge is -2.32. The Kier molecular flexibility index (Phi) is 5.32. The highest BCUT2D eigenvalue weighted by molar-refractivity contribution is 14.1. The number of hydrogen-bond acceptors (Lipinski definition) is 3. The molecule has 130 valence electrons. The Labute approximate surface area is 167 Å². The zero-order valence-electron chi connectivity index (χ0n) is 14.3. The van der Waals surface area contributed by atoms with Gasteiger partial charge in [0.1, 0.15) is 18.2 Å². The van der Waals surface area contributed by atoms with E-state index in [0.717, 1.165) is 15.8 Å². The molecule has 0 bridgehead atoms. The van der Waals surface area contributed by atoms with Crippen molar-refractivity contribution in [3.05, 3.63) is 107 Å². The van der Waals surface area contributed by atoms with Crippen LogP contribution in [0.15, 0.2) is 89.9 Å². The van der Waals surface area contributed by atoms with Crippen molar-refractivity contribution in [2.24, 2.45) is 4.99 Å². The van der Waals surface area contributed by atoms with Gasteiger partial charge in [0.15, 0.2) is 0 Å². The maximum absolute atomic E-state index is 4.97. The first-order valence-corrected chi connectivity index (χ1v) is 10.2. The molecule has 2 atom stereocenters. The van der Waals surface area contributed by atoms with Gasteiger partial charge in [0, 0.05) is 9.99 Å². The van der Waals surface area contributed by atoms with Gasteiger partial charge in [0.25, 0.3) is 0 Å². The van der Waals surface area contributed by atoms with Crippen LogP contribution in [-0.2, 0) is 4.43 Å². The Morgan fingerprint density at radius 1 is 0.808 bits per heavy atom. The van der Waals surface area contributed by atoms with Gasteiger partial charge in [-0.1, -0.05) is 108 Å².